The van der Waals surface area contributed by atoms with Crippen molar-refractivity contribution in [2.45, 2.75) is 38.0 Å². The van der Waals surface area contributed by atoms with Gasteiger partial charge in [-0.15, -0.1) is 0 Å². The molecule has 0 radical (unpaired) electrons. The standard InChI is InChI=1S/C17H25N3O2S/c1-3-5-6-15-7-8-17(13-16(15)14-18)23(21,22)20-11-9-19(4-2)10-12-20/h7-8,13H,3-6,9-12H2,1-2H3. The molecule has 1 fully saturated rings. The second kappa shape index (κ2) is 7.91. The van der Waals surface area contributed by atoms with E-state index in [1.165, 1.54) is 10.4 Å². The van der Waals surface area contributed by atoms with E-state index in [-0.39, 0.29) is 4.90 Å². The Hall–Kier alpha value is -1.42. The van der Waals surface area contributed by atoms with Crippen LogP contribution in [0.15, 0.2) is 23.1 Å². The lowest BCUT2D eigenvalue weighted by molar-refractivity contribution is 0.196. The number of aryl methyl sites for hydroxylation is 1. The molecule has 0 aromatic heterocycles. The van der Waals surface area contributed by atoms with Gasteiger partial charge >= 0.3 is 0 Å². The van der Waals surface area contributed by atoms with Crippen LogP contribution in [-0.2, 0) is 16.4 Å². The van der Waals surface area contributed by atoms with Gasteiger partial charge in [0.25, 0.3) is 0 Å². The van der Waals surface area contributed by atoms with Crippen LogP contribution in [-0.4, -0.2) is 50.3 Å². The Morgan fingerprint density at radius 1 is 1.17 bits per heavy atom. The maximum absolute atomic E-state index is 12.8. The van der Waals surface area contributed by atoms with Crippen LogP contribution < -0.4 is 0 Å². The first-order valence-electron chi connectivity index (χ1n) is 8.28. The number of piperazine rings is 1. The van der Waals surface area contributed by atoms with Gasteiger partial charge in [-0.25, -0.2) is 8.42 Å². The highest BCUT2D eigenvalue weighted by atomic mass is 32.2. The van der Waals surface area contributed by atoms with Crippen molar-refractivity contribution in [3.63, 3.8) is 0 Å². The van der Waals surface area contributed by atoms with Crippen LogP contribution >= 0.6 is 0 Å². The zero-order valence-electron chi connectivity index (χ0n) is 14.0. The molecule has 1 aromatic carbocycles. The van der Waals surface area contributed by atoms with Crippen LogP contribution in [0.25, 0.3) is 0 Å². The molecule has 0 N–H and O–H groups in total. The molecule has 0 amide bonds. The van der Waals surface area contributed by atoms with Crippen LogP contribution in [0.4, 0.5) is 0 Å². The summed E-state index contributed by atoms with van der Waals surface area (Å²) in [5.74, 6) is 0. The van der Waals surface area contributed by atoms with Crippen molar-refractivity contribution in [1.29, 1.82) is 5.26 Å². The summed E-state index contributed by atoms with van der Waals surface area (Å²) < 4.78 is 27.1. The molecule has 0 spiro atoms. The quantitative estimate of drug-likeness (QED) is 0.800. The highest BCUT2D eigenvalue weighted by Crippen LogP contribution is 2.22. The Labute approximate surface area is 139 Å². The molecule has 6 heteroatoms. The normalized spacial score (nSPS) is 17.1. The summed E-state index contributed by atoms with van der Waals surface area (Å²) in [7, 11) is -3.51. The Bertz CT molecular complexity index is 672. The molecule has 1 aromatic rings. The topological polar surface area (TPSA) is 64.4 Å². The molecule has 1 saturated heterocycles. The molecule has 23 heavy (non-hydrogen) atoms. The molecule has 1 aliphatic heterocycles. The van der Waals surface area contributed by atoms with E-state index < -0.39 is 10.0 Å². The van der Waals surface area contributed by atoms with E-state index >= 15 is 0 Å². The van der Waals surface area contributed by atoms with Crippen molar-refractivity contribution < 1.29 is 8.42 Å². The zero-order chi connectivity index (χ0) is 16.9. The fraction of sp³-hybridized carbons (Fsp3) is 0.588. The molecule has 0 atom stereocenters. The monoisotopic (exact) mass is 335 g/mol. The predicted molar refractivity (Wildman–Crippen MR) is 90.6 cm³/mol. The maximum Gasteiger partial charge on any atom is 0.243 e. The van der Waals surface area contributed by atoms with Gasteiger partial charge in [0, 0.05) is 26.2 Å². The minimum atomic E-state index is -3.51. The molecule has 0 unspecified atom stereocenters. The Balaban J connectivity index is 2.22. The van der Waals surface area contributed by atoms with Crippen LogP contribution in [0.5, 0.6) is 0 Å². The Kier molecular flexibility index (Phi) is 6.17. The van der Waals surface area contributed by atoms with Gasteiger partial charge in [-0.05, 0) is 37.1 Å². The summed E-state index contributed by atoms with van der Waals surface area (Å²) in [6, 6.07) is 7.12. The lowest BCUT2D eigenvalue weighted by atomic mass is 10.0. The summed E-state index contributed by atoms with van der Waals surface area (Å²) in [6.45, 7) is 7.66. The number of hydrogen-bond donors (Lipinski definition) is 0. The van der Waals surface area contributed by atoms with Gasteiger partial charge in [0.1, 0.15) is 0 Å². The molecule has 1 aliphatic rings. The number of unbranched alkanes of at least 4 members (excludes halogenated alkanes) is 1. The molecule has 126 valence electrons. The van der Waals surface area contributed by atoms with Crippen LogP contribution in [0.2, 0.25) is 0 Å². The number of nitriles is 1. The highest BCUT2D eigenvalue weighted by Gasteiger charge is 2.28. The van der Waals surface area contributed by atoms with Crippen molar-refractivity contribution >= 4 is 10.0 Å². The van der Waals surface area contributed by atoms with Gasteiger partial charge in [-0.2, -0.15) is 9.57 Å². The van der Waals surface area contributed by atoms with Gasteiger partial charge in [0.2, 0.25) is 10.0 Å². The minimum absolute atomic E-state index is 0.235. The third kappa shape index (κ3) is 4.11. The van der Waals surface area contributed by atoms with E-state index in [2.05, 4.69) is 24.8 Å². The van der Waals surface area contributed by atoms with Crippen molar-refractivity contribution in [2.24, 2.45) is 0 Å². The second-order valence-electron chi connectivity index (χ2n) is 5.87. The van der Waals surface area contributed by atoms with Gasteiger partial charge in [-0.3, -0.25) is 0 Å². The molecular formula is C17H25N3O2S. The lowest BCUT2D eigenvalue weighted by Crippen LogP contribution is -2.48. The van der Waals surface area contributed by atoms with Crippen LogP contribution in [0.3, 0.4) is 0 Å². The van der Waals surface area contributed by atoms with E-state index in [1.54, 1.807) is 12.1 Å². The van der Waals surface area contributed by atoms with Crippen molar-refractivity contribution in [3.05, 3.63) is 29.3 Å². The maximum atomic E-state index is 12.8. The first-order chi connectivity index (χ1) is 11.0. The smallest absolute Gasteiger partial charge is 0.243 e. The summed E-state index contributed by atoms with van der Waals surface area (Å²) in [4.78, 5) is 2.47. The SMILES string of the molecule is CCCCc1ccc(S(=O)(=O)N2CCN(CC)CC2)cc1C#N. The van der Waals surface area contributed by atoms with E-state index in [0.717, 1.165) is 44.5 Å². The molecular weight excluding hydrogens is 310 g/mol. The van der Waals surface area contributed by atoms with E-state index in [4.69, 9.17) is 0 Å². The molecule has 0 bridgehead atoms. The molecule has 2 rings (SSSR count). The number of hydrogen-bond acceptors (Lipinski definition) is 4. The number of benzene rings is 1. The number of likely N-dealkylation sites (N-methyl/N-ethyl adjacent to an activating group) is 1. The summed E-state index contributed by atoms with van der Waals surface area (Å²) in [5.41, 5.74) is 1.41. The summed E-state index contributed by atoms with van der Waals surface area (Å²) >= 11 is 0. The first-order valence-corrected chi connectivity index (χ1v) is 9.72. The lowest BCUT2D eigenvalue weighted by Gasteiger charge is -2.33. The van der Waals surface area contributed by atoms with Gasteiger partial charge < -0.3 is 4.90 Å². The number of rotatable bonds is 6. The average molecular weight is 335 g/mol. The first kappa shape index (κ1) is 17.9. The molecule has 0 saturated carbocycles. The van der Waals surface area contributed by atoms with Gasteiger partial charge in [-0.1, -0.05) is 26.3 Å². The Morgan fingerprint density at radius 3 is 2.43 bits per heavy atom. The van der Waals surface area contributed by atoms with E-state index in [9.17, 15) is 13.7 Å². The third-order valence-corrected chi connectivity index (χ3v) is 6.31. The second-order valence-corrected chi connectivity index (χ2v) is 7.81. The Morgan fingerprint density at radius 2 is 1.87 bits per heavy atom. The molecule has 0 aliphatic carbocycles. The van der Waals surface area contributed by atoms with E-state index in [1.807, 2.05) is 0 Å². The fourth-order valence-electron chi connectivity index (χ4n) is 2.84. The van der Waals surface area contributed by atoms with Crippen molar-refractivity contribution in [1.82, 2.24) is 9.21 Å². The number of sulfonamides is 1. The predicted octanol–water partition coefficient (Wildman–Crippen LogP) is 2.23. The fourth-order valence-corrected chi connectivity index (χ4v) is 4.29. The van der Waals surface area contributed by atoms with Crippen molar-refractivity contribution in [3.8, 4) is 6.07 Å². The van der Waals surface area contributed by atoms with E-state index in [0.29, 0.717) is 18.7 Å². The summed E-state index contributed by atoms with van der Waals surface area (Å²) in [5, 5.41) is 9.32. The minimum Gasteiger partial charge on any atom is -0.301 e. The van der Waals surface area contributed by atoms with Crippen molar-refractivity contribution in [2.75, 3.05) is 32.7 Å². The summed E-state index contributed by atoms with van der Waals surface area (Å²) in [6.07, 6.45) is 2.86. The van der Waals surface area contributed by atoms with Gasteiger partial charge in [0.05, 0.1) is 16.5 Å². The third-order valence-electron chi connectivity index (χ3n) is 4.42. The average Bonchev–Trinajstić information content (AvgIpc) is 2.59. The van der Waals surface area contributed by atoms with Crippen LogP contribution in [0.1, 0.15) is 37.8 Å². The zero-order valence-corrected chi connectivity index (χ0v) is 14.8. The van der Waals surface area contributed by atoms with Crippen LogP contribution in [0, 0.1) is 11.3 Å². The highest BCUT2D eigenvalue weighted by molar-refractivity contribution is 7.89. The largest absolute Gasteiger partial charge is 0.301 e. The number of nitrogens with zero attached hydrogens (tertiary/aromatic N) is 3. The van der Waals surface area contributed by atoms with Gasteiger partial charge in [0.15, 0.2) is 0 Å². The molecule has 5 nitrogen and oxygen atoms in total. The molecule has 1 heterocycles.